The van der Waals surface area contributed by atoms with E-state index in [1.807, 2.05) is 6.07 Å². The first-order valence-electron chi connectivity index (χ1n) is 5.83. The van der Waals surface area contributed by atoms with Crippen molar-refractivity contribution in [3.8, 4) is 0 Å². The topological polar surface area (TPSA) is 61.4 Å². The third-order valence-electron chi connectivity index (χ3n) is 3.13. The zero-order valence-corrected chi connectivity index (χ0v) is 12.9. The summed E-state index contributed by atoms with van der Waals surface area (Å²) in [6, 6.07) is 5.57. The second kappa shape index (κ2) is 7.14. The number of carbonyl (C=O) groups is 1. The molecule has 1 heterocycles. The molecule has 1 N–H and O–H groups in total. The van der Waals surface area contributed by atoms with Crippen LogP contribution in [0.1, 0.15) is 28.8 Å². The van der Waals surface area contributed by atoms with Crippen molar-refractivity contribution in [2.45, 2.75) is 25.8 Å². The summed E-state index contributed by atoms with van der Waals surface area (Å²) in [6.07, 6.45) is 1.91. The van der Waals surface area contributed by atoms with Crippen LogP contribution in [0.25, 0.3) is 0 Å². The molecule has 1 saturated heterocycles. The van der Waals surface area contributed by atoms with E-state index < -0.39 is 5.97 Å². The molecule has 92 valence electrons. The Morgan fingerprint density at radius 1 is 1.39 bits per heavy atom. The van der Waals surface area contributed by atoms with E-state index in [1.54, 1.807) is 19.1 Å². The van der Waals surface area contributed by atoms with Gasteiger partial charge < -0.3 is 20.0 Å². The predicted molar refractivity (Wildman–Crippen MR) is 63.0 cm³/mol. The van der Waals surface area contributed by atoms with Gasteiger partial charge in [-0.25, -0.2) is 0 Å². The van der Waals surface area contributed by atoms with Gasteiger partial charge in [-0.3, -0.25) is 0 Å². The first-order valence-corrected chi connectivity index (χ1v) is 5.83. The van der Waals surface area contributed by atoms with Crippen LogP contribution in [0.3, 0.4) is 0 Å². The van der Waals surface area contributed by atoms with Crippen molar-refractivity contribution in [3.05, 3.63) is 29.3 Å². The summed E-state index contributed by atoms with van der Waals surface area (Å²) in [5.74, 6) is -1.13. The van der Waals surface area contributed by atoms with E-state index >= 15 is 0 Å². The smallest absolute Gasteiger partial charge is 0.545 e. The first kappa shape index (κ1) is 15.5. The number of anilines is 1. The largest absolute Gasteiger partial charge is 1.00 e. The molecule has 0 bridgehead atoms. The summed E-state index contributed by atoms with van der Waals surface area (Å²) in [5.41, 5.74) is 1.86. The number of carboxylic acids is 1. The van der Waals surface area contributed by atoms with Gasteiger partial charge in [-0.1, -0.05) is 12.1 Å². The molecule has 0 atom stereocenters. The Bertz CT molecular complexity index is 417. The van der Waals surface area contributed by atoms with Crippen LogP contribution in [-0.4, -0.2) is 25.2 Å². The standard InChI is InChI=1S/C13H17NO3.Na/c1-9-11(13(15)16)3-2-4-12(9)14-10-5-7-17-8-6-10;/h2-4,10,14H,5-8H2,1H3,(H,15,16);/q;+1/p-1. The van der Waals surface area contributed by atoms with Crippen LogP contribution in [0.4, 0.5) is 5.69 Å². The second-order valence-corrected chi connectivity index (χ2v) is 4.30. The number of carbonyl (C=O) groups excluding carboxylic acids is 1. The molecule has 0 spiro atoms. The number of nitrogens with one attached hydrogen (secondary N) is 1. The number of hydrogen-bond donors (Lipinski definition) is 1. The van der Waals surface area contributed by atoms with Gasteiger partial charge in [-0.05, 0) is 31.4 Å². The quantitative estimate of drug-likeness (QED) is 0.633. The number of carboxylic acid groups (broad SMARTS) is 1. The van der Waals surface area contributed by atoms with Crippen molar-refractivity contribution >= 4 is 11.7 Å². The molecule has 1 fully saturated rings. The fourth-order valence-corrected chi connectivity index (χ4v) is 2.07. The van der Waals surface area contributed by atoms with Gasteiger partial charge in [-0.15, -0.1) is 0 Å². The molecule has 0 saturated carbocycles. The van der Waals surface area contributed by atoms with Gasteiger partial charge in [0.05, 0.1) is 5.97 Å². The van der Waals surface area contributed by atoms with Gasteiger partial charge in [-0.2, -0.15) is 0 Å². The molecule has 0 aromatic heterocycles. The first-order chi connectivity index (χ1) is 8.18. The molecule has 0 unspecified atom stereocenters. The molecule has 1 aliphatic heterocycles. The van der Waals surface area contributed by atoms with Crippen molar-refractivity contribution in [2.24, 2.45) is 0 Å². The summed E-state index contributed by atoms with van der Waals surface area (Å²) in [6.45, 7) is 3.32. The van der Waals surface area contributed by atoms with Gasteiger partial charge in [0.1, 0.15) is 0 Å². The van der Waals surface area contributed by atoms with E-state index in [4.69, 9.17) is 4.74 Å². The molecular weight excluding hydrogens is 241 g/mol. The summed E-state index contributed by atoms with van der Waals surface area (Å²) in [7, 11) is 0. The number of benzene rings is 1. The van der Waals surface area contributed by atoms with Crippen LogP contribution < -0.4 is 40.0 Å². The monoisotopic (exact) mass is 257 g/mol. The predicted octanol–water partition coefficient (Wildman–Crippen LogP) is -2.05. The van der Waals surface area contributed by atoms with E-state index in [2.05, 4.69) is 5.32 Å². The van der Waals surface area contributed by atoms with E-state index in [0.29, 0.717) is 6.04 Å². The molecule has 1 aliphatic rings. The Hall–Kier alpha value is -0.550. The third-order valence-corrected chi connectivity index (χ3v) is 3.13. The van der Waals surface area contributed by atoms with Crippen molar-refractivity contribution in [1.82, 2.24) is 0 Å². The normalized spacial score (nSPS) is 15.8. The molecule has 0 amide bonds. The fourth-order valence-electron chi connectivity index (χ4n) is 2.07. The zero-order valence-electron chi connectivity index (χ0n) is 10.9. The van der Waals surface area contributed by atoms with E-state index in [0.717, 1.165) is 37.3 Å². The Morgan fingerprint density at radius 2 is 2.06 bits per heavy atom. The van der Waals surface area contributed by atoms with Gasteiger partial charge >= 0.3 is 29.6 Å². The maximum Gasteiger partial charge on any atom is 1.00 e. The van der Waals surface area contributed by atoms with Crippen molar-refractivity contribution in [3.63, 3.8) is 0 Å². The van der Waals surface area contributed by atoms with Gasteiger partial charge in [0.25, 0.3) is 0 Å². The molecule has 18 heavy (non-hydrogen) atoms. The van der Waals surface area contributed by atoms with Crippen molar-refractivity contribution in [2.75, 3.05) is 18.5 Å². The Morgan fingerprint density at radius 3 is 2.67 bits per heavy atom. The molecule has 5 heteroatoms. The molecule has 0 aliphatic carbocycles. The minimum Gasteiger partial charge on any atom is -0.545 e. The fraction of sp³-hybridized carbons (Fsp3) is 0.462. The van der Waals surface area contributed by atoms with E-state index in [-0.39, 0.29) is 35.1 Å². The van der Waals surface area contributed by atoms with E-state index in [9.17, 15) is 9.90 Å². The van der Waals surface area contributed by atoms with Crippen molar-refractivity contribution in [1.29, 1.82) is 0 Å². The van der Waals surface area contributed by atoms with Gasteiger partial charge in [0.2, 0.25) is 0 Å². The number of rotatable bonds is 3. The summed E-state index contributed by atoms with van der Waals surface area (Å²) < 4.78 is 5.29. The SMILES string of the molecule is Cc1c(NC2CCOCC2)cccc1C(=O)[O-].[Na+]. The Kier molecular flexibility index (Phi) is 6.15. The second-order valence-electron chi connectivity index (χ2n) is 4.30. The van der Waals surface area contributed by atoms with Crippen LogP contribution in [-0.2, 0) is 4.74 Å². The van der Waals surface area contributed by atoms with Crippen LogP contribution in [0.15, 0.2) is 18.2 Å². The Labute approximate surface area is 129 Å². The van der Waals surface area contributed by atoms with Crippen LogP contribution in [0, 0.1) is 6.92 Å². The number of hydrogen-bond acceptors (Lipinski definition) is 4. The summed E-state index contributed by atoms with van der Waals surface area (Å²) >= 11 is 0. The summed E-state index contributed by atoms with van der Waals surface area (Å²) in [5, 5.41) is 14.3. The van der Waals surface area contributed by atoms with Crippen LogP contribution in [0.5, 0.6) is 0 Å². The molecule has 1 aromatic carbocycles. The average Bonchev–Trinajstić information content (AvgIpc) is 2.33. The Balaban J connectivity index is 0.00000162. The maximum atomic E-state index is 10.9. The molecule has 0 radical (unpaired) electrons. The molecular formula is C13H16NNaO3. The summed E-state index contributed by atoms with van der Waals surface area (Å²) in [4.78, 5) is 10.9. The average molecular weight is 257 g/mol. The minimum absolute atomic E-state index is 0. The molecule has 4 nitrogen and oxygen atoms in total. The number of ether oxygens (including phenoxy) is 1. The van der Waals surface area contributed by atoms with Crippen LogP contribution >= 0.6 is 0 Å². The third kappa shape index (κ3) is 3.72. The molecule has 1 aromatic rings. The maximum absolute atomic E-state index is 10.9. The van der Waals surface area contributed by atoms with Crippen LogP contribution in [0.2, 0.25) is 0 Å². The molecule has 2 rings (SSSR count). The zero-order chi connectivity index (χ0) is 12.3. The number of aromatic carboxylic acids is 1. The minimum atomic E-state index is -1.13. The van der Waals surface area contributed by atoms with E-state index in [1.165, 1.54) is 0 Å². The van der Waals surface area contributed by atoms with Gasteiger partial charge in [0.15, 0.2) is 0 Å². The van der Waals surface area contributed by atoms with Gasteiger partial charge in [0, 0.05) is 30.5 Å². The van der Waals surface area contributed by atoms with Crippen molar-refractivity contribution < 1.29 is 44.2 Å².